The number of thioether (sulfide) groups is 1. The van der Waals surface area contributed by atoms with Gasteiger partial charge in [-0.1, -0.05) is 55.4 Å². The standard InChI is InChI=1S/C20H39NO2S/c1-13(2)11-17(19(22)14(3)4)12-24-10-9-18(21-16(7)8)20(23)15(5)6/h13-18,21H,9-12H2,1-8H3/t17-,18-/m0/s1. The smallest absolute Gasteiger partial charge is 0.152 e. The van der Waals surface area contributed by atoms with Crippen LogP contribution in [-0.2, 0) is 9.59 Å². The molecule has 0 saturated carbocycles. The van der Waals surface area contributed by atoms with Crippen LogP contribution in [-0.4, -0.2) is 35.2 Å². The second-order valence-electron chi connectivity index (χ2n) is 8.18. The second-order valence-corrected chi connectivity index (χ2v) is 9.33. The summed E-state index contributed by atoms with van der Waals surface area (Å²) in [7, 11) is 0. The molecule has 1 N–H and O–H groups in total. The normalized spacial score (nSPS) is 14.7. The number of rotatable bonds is 13. The Kier molecular flexibility index (Phi) is 11.9. The molecular formula is C20H39NO2S. The molecule has 0 bridgehead atoms. The van der Waals surface area contributed by atoms with Crippen molar-refractivity contribution < 1.29 is 9.59 Å². The molecular weight excluding hydrogens is 318 g/mol. The lowest BCUT2D eigenvalue weighted by atomic mass is 9.89. The summed E-state index contributed by atoms with van der Waals surface area (Å²) in [6.07, 6.45) is 1.80. The minimum absolute atomic E-state index is 0.0578. The largest absolute Gasteiger partial charge is 0.305 e. The summed E-state index contributed by atoms with van der Waals surface area (Å²) in [4.78, 5) is 24.7. The van der Waals surface area contributed by atoms with Crippen LogP contribution in [0.4, 0.5) is 0 Å². The first-order chi connectivity index (χ1) is 11.1. The summed E-state index contributed by atoms with van der Waals surface area (Å²) in [5, 5.41) is 3.39. The van der Waals surface area contributed by atoms with Crippen molar-refractivity contribution in [1.29, 1.82) is 0 Å². The van der Waals surface area contributed by atoms with Gasteiger partial charge in [-0.3, -0.25) is 9.59 Å². The van der Waals surface area contributed by atoms with E-state index in [4.69, 9.17) is 0 Å². The molecule has 0 radical (unpaired) electrons. The third kappa shape index (κ3) is 9.83. The molecule has 24 heavy (non-hydrogen) atoms. The van der Waals surface area contributed by atoms with Crippen LogP contribution in [0.2, 0.25) is 0 Å². The highest BCUT2D eigenvalue weighted by Crippen LogP contribution is 2.22. The Morgan fingerprint density at radius 2 is 1.42 bits per heavy atom. The third-order valence-corrected chi connectivity index (χ3v) is 5.21. The molecule has 0 saturated heterocycles. The van der Waals surface area contributed by atoms with Crippen LogP contribution in [0.15, 0.2) is 0 Å². The Balaban J connectivity index is 4.51. The van der Waals surface area contributed by atoms with Crippen molar-refractivity contribution in [2.75, 3.05) is 11.5 Å². The molecule has 142 valence electrons. The van der Waals surface area contributed by atoms with E-state index in [0.717, 1.165) is 24.3 Å². The van der Waals surface area contributed by atoms with Gasteiger partial charge in [0.2, 0.25) is 0 Å². The molecule has 0 unspecified atom stereocenters. The van der Waals surface area contributed by atoms with E-state index in [1.807, 2.05) is 39.5 Å². The molecule has 3 nitrogen and oxygen atoms in total. The van der Waals surface area contributed by atoms with Gasteiger partial charge in [0, 0.05) is 29.5 Å². The zero-order chi connectivity index (χ0) is 18.9. The van der Waals surface area contributed by atoms with Crippen molar-refractivity contribution >= 4 is 23.3 Å². The molecule has 0 spiro atoms. The zero-order valence-corrected chi connectivity index (χ0v) is 17.8. The fourth-order valence-electron chi connectivity index (χ4n) is 2.85. The summed E-state index contributed by atoms with van der Waals surface area (Å²) >= 11 is 1.82. The minimum atomic E-state index is -0.0677. The topological polar surface area (TPSA) is 46.2 Å². The summed E-state index contributed by atoms with van der Waals surface area (Å²) in [5.74, 6) is 3.31. The Hall–Kier alpha value is -0.350. The highest BCUT2D eigenvalue weighted by molar-refractivity contribution is 7.99. The van der Waals surface area contributed by atoms with Gasteiger partial charge in [-0.05, 0) is 24.5 Å². The number of carbonyl (C=O) groups is 2. The first-order valence-corrected chi connectivity index (χ1v) is 10.6. The Bertz CT molecular complexity index is 342. The molecule has 0 fully saturated rings. The van der Waals surface area contributed by atoms with E-state index in [1.54, 1.807) is 0 Å². The van der Waals surface area contributed by atoms with Gasteiger partial charge in [0.05, 0.1) is 6.04 Å². The maximum absolute atomic E-state index is 12.4. The molecule has 0 aliphatic heterocycles. The van der Waals surface area contributed by atoms with E-state index in [2.05, 4.69) is 33.0 Å². The van der Waals surface area contributed by atoms with Crippen molar-refractivity contribution in [3.63, 3.8) is 0 Å². The number of nitrogens with one attached hydrogen (secondary N) is 1. The van der Waals surface area contributed by atoms with Crippen molar-refractivity contribution in [3.8, 4) is 0 Å². The number of ketones is 2. The fraction of sp³-hybridized carbons (Fsp3) is 0.900. The molecule has 0 rings (SSSR count). The minimum Gasteiger partial charge on any atom is -0.305 e. The molecule has 0 aliphatic carbocycles. The van der Waals surface area contributed by atoms with Gasteiger partial charge in [-0.2, -0.15) is 11.8 Å². The molecule has 0 heterocycles. The highest BCUT2D eigenvalue weighted by atomic mass is 32.2. The Labute approximate surface area is 154 Å². The van der Waals surface area contributed by atoms with E-state index >= 15 is 0 Å². The van der Waals surface area contributed by atoms with Gasteiger partial charge >= 0.3 is 0 Å². The molecule has 0 aliphatic rings. The summed E-state index contributed by atoms with van der Waals surface area (Å²) < 4.78 is 0. The maximum Gasteiger partial charge on any atom is 0.152 e. The quantitative estimate of drug-likeness (QED) is 0.490. The zero-order valence-electron chi connectivity index (χ0n) is 17.0. The summed E-state index contributed by atoms with van der Waals surface area (Å²) in [6, 6.07) is 0.237. The number of hydrogen-bond acceptors (Lipinski definition) is 4. The van der Waals surface area contributed by atoms with Crippen molar-refractivity contribution in [2.24, 2.45) is 23.7 Å². The summed E-state index contributed by atoms with van der Waals surface area (Å²) in [6.45, 7) is 16.4. The van der Waals surface area contributed by atoms with E-state index in [1.165, 1.54) is 0 Å². The van der Waals surface area contributed by atoms with Gasteiger partial charge in [-0.15, -0.1) is 0 Å². The summed E-state index contributed by atoms with van der Waals surface area (Å²) in [5.41, 5.74) is 0. The average Bonchev–Trinajstić information content (AvgIpc) is 2.46. The molecule has 4 heteroatoms. The van der Waals surface area contributed by atoms with Crippen LogP contribution < -0.4 is 5.32 Å². The fourth-order valence-corrected chi connectivity index (χ4v) is 4.00. The lowest BCUT2D eigenvalue weighted by Crippen LogP contribution is -2.43. The van der Waals surface area contributed by atoms with Gasteiger partial charge in [0.15, 0.2) is 5.78 Å². The van der Waals surface area contributed by atoms with Gasteiger partial charge in [0.1, 0.15) is 5.78 Å². The van der Waals surface area contributed by atoms with Crippen LogP contribution in [0.3, 0.4) is 0 Å². The first-order valence-electron chi connectivity index (χ1n) is 9.47. The number of hydrogen-bond donors (Lipinski definition) is 1. The molecule has 0 aromatic carbocycles. The van der Waals surface area contributed by atoms with Crippen LogP contribution in [0, 0.1) is 23.7 Å². The molecule has 2 atom stereocenters. The van der Waals surface area contributed by atoms with Gasteiger partial charge in [-0.25, -0.2) is 0 Å². The van der Waals surface area contributed by atoms with E-state index in [0.29, 0.717) is 23.5 Å². The molecule has 0 aromatic rings. The molecule has 0 aromatic heterocycles. The van der Waals surface area contributed by atoms with Crippen LogP contribution >= 0.6 is 11.8 Å². The number of carbonyl (C=O) groups excluding carboxylic acids is 2. The first kappa shape index (κ1) is 23.6. The highest BCUT2D eigenvalue weighted by Gasteiger charge is 2.24. The van der Waals surface area contributed by atoms with Crippen LogP contribution in [0.5, 0.6) is 0 Å². The van der Waals surface area contributed by atoms with Gasteiger partial charge < -0.3 is 5.32 Å². The van der Waals surface area contributed by atoms with E-state index in [-0.39, 0.29) is 23.8 Å². The van der Waals surface area contributed by atoms with Crippen molar-refractivity contribution in [2.45, 2.75) is 80.3 Å². The predicted octanol–water partition coefficient (Wildman–Crippen LogP) is 4.59. The lowest BCUT2D eigenvalue weighted by Gasteiger charge is -2.23. The van der Waals surface area contributed by atoms with E-state index in [9.17, 15) is 9.59 Å². The lowest BCUT2D eigenvalue weighted by molar-refractivity contribution is -0.125. The number of Topliss-reactive ketones (excluding diaryl/α,β-unsaturated/α-hetero) is 2. The van der Waals surface area contributed by atoms with E-state index < -0.39 is 0 Å². The average molecular weight is 358 g/mol. The van der Waals surface area contributed by atoms with Gasteiger partial charge in [0.25, 0.3) is 0 Å². The van der Waals surface area contributed by atoms with Crippen molar-refractivity contribution in [1.82, 2.24) is 5.32 Å². The predicted molar refractivity (Wildman–Crippen MR) is 107 cm³/mol. The monoisotopic (exact) mass is 357 g/mol. The SMILES string of the molecule is CC(C)C[C@@H](CSCC[C@H](NC(C)C)C(=O)C(C)C)C(=O)C(C)C. The second kappa shape index (κ2) is 12.1. The third-order valence-electron chi connectivity index (χ3n) is 4.04. The Morgan fingerprint density at radius 1 is 0.875 bits per heavy atom. The Morgan fingerprint density at radius 3 is 1.83 bits per heavy atom. The van der Waals surface area contributed by atoms with Crippen molar-refractivity contribution in [3.05, 3.63) is 0 Å². The molecule has 0 amide bonds. The maximum atomic E-state index is 12.4. The van der Waals surface area contributed by atoms with Crippen LogP contribution in [0.1, 0.15) is 68.2 Å². The van der Waals surface area contributed by atoms with Crippen LogP contribution in [0.25, 0.3) is 0 Å².